The molecule has 0 aliphatic heterocycles. The SMILES string of the molecule is COCc1cccc(Oc2ncnc(NN)c2OC)c1. The van der Waals surface area contributed by atoms with Gasteiger partial charge in [0.25, 0.3) is 5.88 Å². The summed E-state index contributed by atoms with van der Waals surface area (Å²) in [5.41, 5.74) is 3.42. The van der Waals surface area contributed by atoms with Crippen LogP contribution < -0.4 is 20.7 Å². The third kappa shape index (κ3) is 3.14. The molecule has 3 N–H and O–H groups in total. The van der Waals surface area contributed by atoms with Gasteiger partial charge in [-0.05, 0) is 17.7 Å². The molecule has 0 saturated carbocycles. The quantitative estimate of drug-likeness (QED) is 0.613. The lowest BCUT2D eigenvalue weighted by Crippen LogP contribution is -2.11. The molecule has 106 valence electrons. The Morgan fingerprint density at radius 2 is 2.10 bits per heavy atom. The highest BCUT2D eigenvalue weighted by atomic mass is 16.5. The second-order valence-electron chi connectivity index (χ2n) is 3.89. The number of nitrogens with one attached hydrogen (secondary N) is 1. The number of nitrogen functional groups attached to an aromatic ring is 1. The number of nitrogens with zero attached hydrogens (tertiary/aromatic N) is 2. The van der Waals surface area contributed by atoms with E-state index < -0.39 is 0 Å². The average Bonchev–Trinajstić information content (AvgIpc) is 2.47. The third-order valence-electron chi connectivity index (χ3n) is 2.54. The van der Waals surface area contributed by atoms with Gasteiger partial charge in [0.2, 0.25) is 5.75 Å². The van der Waals surface area contributed by atoms with Crippen molar-refractivity contribution in [2.45, 2.75) is 6.61 Å². The van der Waals surface area contributed by atoms with Gasteiger partial charge in [-0.15, -0.1) is 0 Å². The molecule has 0 aliphatic rings. The first-order valence-corrected chi connectivity index (χ1v) is 5.89. The van der Waals surface area contributed by atoms with Crippen LogP contribution in [0.5, 0.6) is 17.4 Å². The molecule has 2 rings (SSSR count). The molecule has 7 nitrogen and oxygen atoms in total. The summed E-state index contributed by atoms with van der Waals surface area (Å²) in [5, 5.41) is 0. The van der Waals surface area contributed by atoms with Crippen molar-refractivity contribution in [2.24, 2.45) is 5.84 Å². The smallest absolute Gasteiger partial charge is 0.268 e. The van der Waals surface area contributed by atoms with E-state index in [1.54, 1.807) is 7.11 Å². The third-order valence-corrected chi connectivity index (χ3v) is 2.54. The Hall–Kier alpha value is -2.38. The van der Waals surface area contributed by atoms with E-state index in [4.69, 9.17) is 20.1 Å². The molecule has 20 heavy (non-hydrogen) atoms. The van der Waals surface area contributed by atoms with Crippen molar-refractivity contribution in [1.29, 1.82) is 0 Å². The Kier molecular flexibility index (Phi) is 4.70. The van der Waals surface area contributed by atoms with Crippen LogP contribution >= 0.6 is 0 Å². The molecule has 0 amide bonds. The van der Waals surface area contributed by atoms with E-state index >= 15 is 0 Å². The van der Waals surface area contributed by atoms with E-state index in [2.05, 4.69) is 15.4 Å². The van der Waals surface area contributed by atoms with Crippen molar-refractivity contribution < 1.29 is 14.2 Å². The van der Waals surface area contributed by atoms with E-state index in [-0.39, 0.29) is 5.88 Å². The predicted octanol–water partition coefficient (Wildman–Crippen LogP) is 1.71. The lowest BCUT2D eigenvalue weighted by atomic mass is 10.2. The molecule has 0 unspecified atom stereocenters. The highest BCUT2D eigenvalue weighted by molar-refractivity contribution is 5.55. The minimum Gasteiger partial charge on any atom is -0.489 e. The second kappa shape index (κ2) is 6.69. The second-order valence-corrected chi connectivity index (χ2v) is 3.89. The summed E-state index contributed by atoms with van der Waals surface area (Å²) in [6.45, 7) is 0.508. The molecule has 0 bridgehead atoms. The topological polar surface area (TPSA) is 91.5 Å². The number of rotatable bonds is 6. The molecule has 0 spiro atoms. The Bertz CT molecular complexity index is 577. The number of hydrogen-bond acceptors (Lipinski definition) is 7. The Balaban J connectivity index is 2.27. The zero-order chi connectivity index (χ0) is 14.4. The Morgan fingerprint density at radius 1 is 1.25 bits per heavy atom. The average molecular weight is 276 g/mol. The molecule has 1 heterocycles. The molecular formula is C13H16N4O3. The summed E-state index contributed by atoms with van der Waals surface area (Å²) in [5.74, 6) is 6.96. The number of ether oxygens (including phenoxy) is 3. The lowest BCUT2D eigenvalue weighted by Gasteiger charge is -2.12. The molecule has 0 fully saturated rings. The summed E-state index contributed by atoms with van der Waals surface area (Å²) < 4.78 is 16.0. The highest BCUT2D eigenvalue weighted by Gasteiger charge is 2.13. The van der Waals surface area contributed by atoms with Crippen molar-refractivity contribution in [3.05, 3.63) is 36.2 Å². The van der Waals surface area contributed by atoms with E-state index in [1.165, 1.54) is 13.4 Å². The standard InChI is InChI=1S/C13H16N4O3/c1-18-7-9-4-3-5-10(6-9)20-13-11(19-2)12(17-14)15-8-16-13/h3-6,8H,7,14H2,1-2H3,(H,15,16,17). The maximum Gasteiger partial charge on any atom is 0.268 e. The monoisotopic (exact) mass is 276 g/mol. The minimum atomic E-state index is 0.282. The largest absolute Gasteiger partial charge is 0.489 e. The number of aromatic nitrogens is 2. The van der Waals surface area contributed by atoms with Crippen molar-refractivity contribution in [3.63, 3.8) is 0 Å². The number of hydrazine groups is 1. The van der Waals surface area contributed by atoms with Crippen molar-refractivity contribution >= 4 is 5.82 Å². The van der Waals surface area contributed by atoms with Crippen molar-refractivity contribution in [1.82, 2.24) is 9.97 Å². The van der Waals surface area contributed by atoms with Crippen LogP contribution in [0.3, 0.4) is 0 Å². The molecule has 0 aliphatic carbocycles. The Morgan fingerprint density at radius 3 is 2.80 bits per heavy atom. The number of nitrogens with two attached hydrogens (primary N) is 1. The van der Waals surface area contributed by atoms with Crippen LogP contribution in [-0.4, -0.2) is 24.2 Å². The number of benzene rings is 1. The van der Waals surface area contributed by atoms with Gasteiger partial charge in [0.1, 0.15) is 12.1 Å². The first-order valence-electron chi connectivity index (χ1n) is 5.89. The fourth-order valence-corrected chi connectivity index (χ4v) is 1.69. The molecule has 7 heteroatoms. The van der Waals surface area contributed by atoms with Crippen LogP contribution in [-0.2, 0) is 11.3 Å². The molecule has 1 aromatic heterocycles. The zero-order valence-corrected chi connectivity index (χ0v) is 11.3. The van der Waals surface area contributed by atoms with Gasteiger partial charge in [-0.1, -0.05) is 12.1 Å². The molecule has 1 aromatic carbocycles. The first-order chi connectivity index (χ1) is 9.78. The van der Waals surface area contributed by atoms with Gasteiger partial charge in [-0.3, -0.25) is 0 Å². The van der Waals surface area contributed by atoms with Gasteiger partial charge in [-0.2, -0.15) is 4.98 Å². The summed E-state index contributed by atoms with van der Waals surface area (Å²) >= 11 is 0. The summed E-state index contributed by atoms with van der Waals surface area (Å²) in [6, 6.07) is 7.50. The Labute approximate surface area is 116 Å². The lowest BCUT2D eigenvalue weighted by molar-refractivity contribution is 0.184. The number of hydrogen-bond donors (Lipinski definition) is 2. The molecule has 0 saturated heterocycles. The molecular weight excluding hydrogens is 260 g/mol. The van der Waals surface area contributed by atoms with Crippen LogP contribution in [0.1, 0.15) is 5.56 Å². The fraction of sp³-hybridized carbons (Fsp3) is 0.231. The minimum absolute atomic E-state index is 0.282. The summed E-state index contributed by atoms with van der Waals surface area (Å²) in [4.78, 5) is 7.99. The number of methoxy groups -OCH3 is 2. The summed E-state index contributed by atoms with van der Waals surface area (Å²) in [6.07, 6.45) is 1.34. The van der Waals surface area contributed by atoms with Gasteiger partial charge in [-0.25, -0.2) is 10.8 Å². The molecule has 0 radical (unpaired) electrons. The molecule has 2 aromatic rings. The highest BCUT2D eigenvalue weighted by Crippen LogP contribution is 2.33. The van der Waals surface area contributed by atoms with E-state index in [0.29, 0.717) is 23.9 Å². The first kappa shape index (κ1) is 14.0. The van der Waals surface area contributed by atoms with Gasteiger partial charge >= 0.3 is 0 Å². The van der Waals surface area contributed by atoms with Crippen molar-refractivity contribution in [2.75, 3.05) is 19.6 Å². The predicted molar refractivity (Wildman–Crippen MR) is 73.6 cm³/mol. The van der Waals surface area contributed by atoms with Gasteiger partial charge in [0.15, 0.2) is 5.82 Å². The van der Waals surface area contributed by atoms with Gasteiger partial charge in [0, 0.05) is 7.11 Å². The van der Waals surface area contributed by atoms with Gasteiger partial charge in [0.05, 0.1) is 13.7 Å². The van der Waals surface area contributed by atoms with E-state index in [0.717, 1.165) is 5.56 Å². The fourth-order valence-electron chi connectivity index (χ4n) is 1.69. The maximum absolute atomic E-state index is 5.70. The molecule has 0 atom stereocenters. The maximum atomic E-state index is 5.70. The van der Waals surface area contributed by atoms with E-state index in [1.807, 2.05) is 24.3 Å². The number of anilines is 1. The zero-order valence-electron chi connectivity index (χ0n) is 11.3. The van der Waals surface area contributed by atoms with Crippen LogP contribution in [0.25, 0.3) is 0 Å². The van der Waals surface area contributed by atoms with Crippen LogP contribution in [0, 0.1) is 0 Å². The summed E-state index contributed by atoms with van der Waals surface area (Å²) in [7, 11) is 3.13. The van der Waals surface area contributed by atoms with Crippen LogP contribution in [0.4, 0.5) is 5.82 Å². The van der Waals surface area contributed by atoms with Gasteiger partial charge < -0.3 is 19.6 Å². The van der Waals surface area contributed by atoms with Crippen molar-refractivity contribution in [3.8, 4) is 17.4 Å². The normalized spacial score (nSPS) is 10.2. The van der Waals surface area contributed by atoms with Crippen LogP contribution in [0.15, 0.2) is 30.6 Å². The van der Waals surface area contributed by atoms with E-state index in [9.17, 15) is 0 Å². The van der Waals surface area contributed by atoms with Crippen LogP contribution in [0.2, 0.25) is 0 Å².